The summed E-state index contributed by atoms with van der Waals surface area (Å²) in [4.78, 5) is -0.0770. The zero-order valence-corrected chi connectivity index (χ0v) is 11.4. The molecule has 0 atom stereocenters. The van der Waals surface area contributed by atoms with Crippen molar-refractivity contribution in [2.24, 2.45) is 0 Å². The number of sulfone groups is 1. The number of nitrogen functional groups attached to an aromatic ring is 1. The van der Waals surface area contributed by atoms with Crippen LogP contribution in [0.25, 0.3) is 0 Å². The van der Waals surface area contributed by atoms with Gasteiger partial charge in [-0.3, -0.25) is 0 Å². The molecule has 6 heteroatoms. The maximum absolute atomic E-state index is 13.1. The van der Waals surface area contributed by atoms with Gasteiger partial charge < -0.3 is 5.73 Å². The zero-order valence-electron chi connectivity index (χ0n) is 9.81. The van der Waals surface area contributed by atoms with Crippen LogP contribution in [-0.4, -0.2) is 8.42 Å². The third-order valence-electron chi connectivity index (χ3n) is 2.61. The number of halogens is 2. The molecule has 2 rings (SSSR count). The number of anilines is 1. The van der Waals surface area contributed by atoms with Crippen molar-refractivity contribution in [1.82, 2.24) is 0 Å². The van der Waals surface area contributed by atoms with Gasteiger partial charge in [-0.25, -0.2) is 12.8 Å². The lowest BCUT2D eigenvalue weighted by Gasteiger charge is -2.08. The van der Waals surface area contributed by atoms with Gasteiger partial charge >= 0.3 is 0 Å². The molecule has 0 heterocycles. The summed E-state index contributed by atoms with van der Waals surface area (Å²) in [6, 6.07) is 9.48. The second kappa shape index (κ2) is 5.19. The van der Waals surface area contributed by atoms with Crippen LogP contribution in [0, 0.1) is 5.82 Å². The van der Waals surface area contributed by atoms with E-state index < -0.39 is 15.7 Å². The van der Waals surface area contributed by atoms with Crippen molar-refractivity contribution in [3.63, 3.8) is 0 Å². The van der Waals surface area contributed by atoms with Gasteiger partial charge in [-0.05, 0) is 42.0 Å². The van der Waals surface area contributed by atoms with E-state index in [0.29, 0.717) is 16.3 Å². The van der Waals surface area contributed by atoms with Crippen LogP contribution in [0.2, 0.25) is 5.02 Å². The highest BCUT2D eigenvalue weighted by atomic mass is 35.5. The van der Waals surface area contributed by atoms with E-state index in [9.17, 15) is 12.8 Å². The standard InChI is InChI=1S/C13H11ClFNO2S/c14-10-4-5-13(16)9(6-10)8-19(17,18)12-3-1-2-11(15)7-12/h1-7H,8,16H2. The van der Waals surface area contributed by atoms with Gasteiger partial charge in [0.05, 0.1) is 10.6 Å². The van der Waals surface area contributed by atoms with Crippen LogP contribution in [0.4, 0.5) is 10.1 Å². The van der Waals surface area contributed by atoms with Crippen LogP contribution in [0.3, 0.4) is 0 Å². The first kappa shape index (κ1) is 13.8. The van der Waals surface area contributed by atoms with Gasteiger partial charge in [0, 0.05) is 10.7 Å². The summed E-state index contributed by atoms with van der Waals surface area (Å²) in [5.74, 6) is -0.914. The normalized spacial score (nSPS) is 11.5. The lowest BCUT2D eigenvalue weighted by atomic mass is 10.2. The molecule has 0 aromatic heterocycles. The Hall–Kier alpha value is -1.59. The molecule has 0 unspecified atom stereocenters. The minimum absolute atomic E-state index is 0.0770. The summed E-state index contributed by atoms with van der Waals surface area (Å²) in [7, 11) is -3.65. The molecule has 0 bridgehead atoms. The van der Waals surface area contributed by atoms with Crippen LogP contribution >= 0.6 is 11.6 Å². The highest BCUT2D eigenvalue weighted by molar-refractivity contribution is 7.90. The molecular weight excluding hydrogens is 289 g/mol. The first-order valence-electron chi connectivity index (χ1n) is 5.41. The third kappa shape index (κ3) is 3.24. The van der Waals surface area contributed by atoms with E-state index in [1.54, 1.807) is 12.1 Å². The van der Waals surface area contributed by atoms with E-state index >= 15 is 0 Å². The van der Waals surface area contributed by atoms with Crippen LogP contribution in [0.5, 0.6) is 0 Å². The number of nitrogens with two attached hydrogens (primary N) is 1. The fourth-order valence-corrected chi connectivity index (χ4v) is 3.25. The molecule has 0 saturated heterocycles. The van der Waals surface area contributed by atoms with Gasteiger partial charge in [0.1, 0.15) is 5.82 Å². The average molecular weight is 300 g/mol. The molecular formula is C13H11ClFNO2S. The number of hydrogen-bond acceptors (Lipinski definition) is 3. The Bertz CT molecular complexity index is 716. The largest absolute Gasteiger partial charge is 0.398 e. The van der Waals surface area contributed by atoms with E-state index in [1.165, 1.54) is 24.3 Å². The summed E-state index contributed by atoms with van der Waals surface area (Å²) in [6.07, 6.45) is 0. The van der Waals surface area contributed by atoms with Crippen LogP contribution < -0.4 is 5.73 Å². The number of rotatable bonds is 3. The Balaban J connectivity index is 2.39. The first-order chi connectivity index (χ1) is 8.88. The molecule has 0 spiro atoms. The molecule has 0 radical (unpaired) electrons. The van der Waals surface area contributed by atoms with Crippen LogP contribution in [-0.2, 0) is 15.6 Å². The smallest absolute Gasteiger partial charge is 0.182 e. The quantitative estimate of drug-likeness (QED) is 0.886. The number of benzene rings is 2. The summed E-state index contributed by atoms with van der Waals surface area (Å²) in [6.45, 7) is 0. The highest BCUT2D eigenvalue weighted by Crippen LogP contribution is 2.23. The van der Waals surface area contributed by atoms with E-state index in [2.05, 4.69) is 0 Å². The maximum Gasteiger partial charge on any atom is 0.182 e. The predicted molar refractivity (Wildman–Crippen MR) is 73.2 cm³/mol. The molecule has 0 aliphatic rings. The van der Waals surface area contributed by atoms with Crippen molar-refractivity contribution < 1.29 is 12.8 Å². The first-order valence-corrected chi connectivity index (χ1v) is 7.44. The minimum atomic E-state index is -3.65. The molecule has 0 saturated carbocycles. The topological polar surface area (TPSA) is 60.2 Å². The second-order valence-corrected chi connectivity index (χ2v) is 6.49. The van der Waals surface area contributed by atoms with Crippen molar-refractivity contribution in [2.45, 2.75) is 10.6 Å². The fourth-order valence-electron chi connectivity index (χ4n) is 1.65. The van der Waals surface area contributed by atoms with Gasteiger partial charge in [-0.15, -0.1) is 0 Å². The second-order valence-electron chi connectivity index (χ2n) is 4.06. The van der Waals surface area contributed by atoms with Gasteiger partial charge in [-0.2, -0.15) is 0 Å². The lowest BCUT2D eigenvalue weighted by molar-refractivity contribution is 0.590. The Morgan fingerprint density at radius 3 is 2.58 bits per heavy atom. The van der Waals surface area contributed by atoms with Crippen molar-refractivity contribution >= 4 is 27.1 Å². The van der Waals surface area contributed by atoms with Gasteiger partial charge in [0.15, 0.2) is 9.84 Å². The van der Waals surface area contributed by atoms with Gasteiger partial charge in [0.25, 0.3) is 0 Å². The van der Waals surface area contributed by atoms with Crippen molar-refractivity contribution in [3.05, 3.63) is 58.9 Å². The Morgan fingerprint density at radius 1 is 1.16 bits per heavy atom. The monoisotopic (exact) mass is 299 g/mol. The molecule has 19 heavy (non-hydrogen) atoms. The van der Waals surface area contributed by atoms with Crippen molar-refractivity contribution in [2.75, 3.05) is 5.73 Å². The van der Waals surface area contributed by atoms with Crippen LogP contribution in [0.15, 0.2) is 47.4 Å². The lowest BCUT2D eigenvalue weighted by Crippen LogP contribution is -2.07. The van der Waals surface area contributed by atoms with Gasteiger partial charge in [0.2, 0.25) is 0 Å². The maximum atomic E-state index is 13.1. The summed E-state index contributed by atoms with van der Waals surface area (Å²) in [5, 5.41) is 0.402. The van der Waals surface area contributed by atoms with E-state index in [0.717, 1.165) is 6.07 Å². The molecule has 2 aromatic rings. The van der Waals surface area contributed by atoms with E-state index in [4.69, 9.17) is 17.3 Å². The summed E-state index contributed by atoms with van der Waals surface area (Å²) >= 11 is 5.81. The molecule has 2 aromatic carbocycles. The molecule has 3 nitrogen and oxygen atoms in total. The Morgan fingerprint density at radius 2 is 1.89 bits per heavy atom. The molecule has 0 aliphatic carbocycles. The highest BCUT2D eigenvalue weighted by Gasteiger charge is 2.17. The van der Waals surface area contributed by atoms with E-state index in [1.807, 2.05) is 0 Å². The van der Waals surface area contributed by atoms with Gasteiger partial charge in [-0.1, -0.05) is 17.7 Å². The average Bonchev–Trinajstić information content (AvgIpc) is 2.33. The minimum Gasteiger partial charge on any atom is -0.398 e. The third-order valence-corrected chi connectivity index (χ3v) is 4.50. The molecule has 100 valence electrons. The fraction of sp³-hybridized carbons (Fsp3) is 0.0769. The van der Waals surface area contributed by atoms with E-state index in [-0.39, 0.29) is 10.6 Å². The summed E-state index contributed by atoms with van der Waals surface area (Å²) < 4.78 is 37.4. The SMILES string of the molecule is Nc1ccc(Cl)cc1CS(=O)(=O)c1cccc(F)c1. The molecule has 0 aliphatic heterocycles. The van der Waals surface area contributed by atoms with Crippen molar-refractivity contribution in [3.8, 4) is 0 Å². The predicted octanol–water partition coefficient (Wildman–Crippen LogP) is 3.04. The number of hydrogen-bond donors (Lipinski definition) is 1. The Labute approximate surface area is 115 Å². The molecule has 2 N–H and O–H groups in total. The zero-order chi connectivity index (χ0) is 14.0. The Kier molecular flexibility index (Phi) is 3.78. The van der Waals surface area contributed by atoms with Crippen LogP contribution in [0.1, 0.15) is 5.56 Å². The molecule has 0 fully saturated rings. The van der Waals surface area contributed by atoms with Crippen molar-refractivity contribution in [1.29, 1.82) is 0 Å². The molecule has 0 amide bonds. The summed E-state index contributed by atoms with van der Waals surface area (Å²) in [5.41, 5.74) is 6.44.